The Kier molecular flexibility index (Phi) is 3.61. The Labute approximate surface area is 125 Å². The monoisotopic (exact) mass is 277 g/mol. The van der Waals surface area contributed by atoms with Crippen molar-refractivity contribution in [3.05, 3.63) is 64.7 Å². The molecule has 2 aromatic rings. The van der Waals surface area contributed by atoms with E-state index in [-0.39, 0.29) is 0 Å². The highest BCUT2D eigenvalue weighted by molar-refractivity contribution is 5.98. The first-order valence-corrected chi connectivity index (χ1v) is 7.17. The predicted molar refractivity (Wildman–Crippen MR) is 89.5 cm³/mol. The molecule has 0 radical (unpaired) electrons. The van der Waals surface area contributed by atoms with Crippen LogP contribution in [-0.4, -0.2) is 13.3 Å². The van der Waals surface area contributed by atoms with Gasteiger partial charge < -0.3 is 4.84 Å². The molecule has 0 fully saturated rings. The summed E-state index contributed by atoms with van der Waals surface area (Å²) in [5, 5.41) is 6.44. The van der Waals surface area contributed by atoms with Crippen molar-refractivity contribution in [3.63, 3.8) is 0 Å². The minimum absolute atomic E-state index is 0.990. The van der Waals surface area contributed by atoms with E-state index in [1.165, 1.54) is 33.1 Å². The zero-order valence-corrected chi connectivity index (χ0v) is 12.7. The van der Waals surface area contributed by atoms with Crippen LogP contribution in [0.3, 0.4) is 0 Å². The summed E-state index contributed by atoms with van der Waals surface area (Å²) in [6, 6.07) is 12.9. The third-order valence-corrected chi connectivity index (χ3v) is 4.20. The molecule has 0 saturated carbocycles. The summed E-state index contributed by atoms with van der Waals surface area (Å²) in [6.07, 6.45) is 5.08. The minimum Gasteiger partial charge on any atom is -0.399 e. The zero-order chi connectivity index (χ0) is 14.8. The third-order valence-electron chi connectivity index (χ3n) is 4.20. The van der Waals surface area contributed by atoms with Crippen LogP contribution in [0.15, 0.2) is 58.8 Å². The molecule has 0 saturated heterocycles. The molecule has 0 unspecified atom stereocenters. The molecule has 1 aliphatic carbocycles. The molecule has 21 heavy (non-hydrogen) atoms. The average molecular weight is 277 g/mol. The number of hydrogen-bond donors (Lipinski definition) is 0. The second-order valence-electron chi connectivity index (χ2n) is 5.40. The van der Waals surface area contributed by atoms with Crippen LogP contribution in [0.4, 0.5) is 0 Å². The fraction of sp³-hybridized carbons (Fsp3) is 0.211. The number of fused-ring (bicyclic) bond motifs is 1. The van der Waals surface area contributed by atoms with Crippen molar-refractivity contribution in [2.75, 3.05) is 7.11 Å². The lowest BCUT2D eigenvalue weighted by Gasteiger charge is -2.11. The summed E-state index contributed by atoms with van der Waals surface area (Å²) in [5.74, 6) is 0. The van der Waals surface area contributed by atoms with E-state index < -0.39 is 0 Å². The molecule has 0 atom stereocenters. The number of nitrogens with zero attached hydrogens (tertiary/aromatic N) is 1. The van der Waals surface area contributed by atoms with Crippen molar-refractivity contribution in [2.45, 2.75) is 20.3 Å². The smallest absolute Gasteiger partial charge is 0.106 e. The Balaban J connectivity index is 2.22. The van der Waals surface area contributed by atoms with E-state index in [0.29, 0.717) is 0 Å². The van der Waals surface area contributed by atoms with Gasteiger partial charge in [-0.3, -0.25) is 0 Å². The maximum absolute atomic E-state index is 4.86. The van der Waals surface area contributed by atoms with Crippen LogP contribution in [-0.2, 0) is 4.84 Å². The lowest BCUT2D eigenvalue weighted by molar-refractivity contribution is 0.215. The van der Waals surface area contributed by atoms with E-state index in [0.717, 1.165) is 12.0 Å². The maximum Gasteiger partial charge on any atom is 0.106 e. The van der Waals surface area contributed by atoms with Gasteiger partial charge in [0.15, 0.2) is 0 Å². The van der Waals surface area contributed by atoms with Crippen molar-refractivity contribution in [2.24, 2.45) is 5.16 Å². The number of rotatable bonds is 3. The number of oxime groups is 1. The van der Waals surface area contributed by atoms with Crippen LogP contribution >= 0.6 is 0 Å². The number of hydrogen-bond acceptors (Lipinski definition) is 2. The van der Waals surface area contributed by atoms with Gasteiger partial charge in [-0.2, -0.15) is 0 Å². The molecule has 0 spiro atoms. The molecule has 106 valence electrons. The molecule has 0 N–H and O–H groups in total. The van der Waals surface area contributed by atoms with Gasteiger partial charge in [0.1, 0.15) is 7.11 Å². The van der Waals surface area contributed by atoms with Gasteiger partial charge in [0.25, 0.3) is 0 Å². The summed E-state index contributed by atoms with van der Waals surface area (Å²) in [7, 11) is 1.57. The van der Waals surface area contributed by atoms with Gasteiger partial charge in [-0.25, -0.2) is 0 Å². The second-order valence-corrected chi connectivity index (χ2v) is 5.40. The highest BCUT2D eigenvalue weighted by Gasteiger charge is 2.15. The summed E-state index contributed by atoms with van der Waals surface area (Å²) >= 11 is 0. The van der Waals surface area contributed by atoms with Crippen molar-refractivity contribution in [3.8, 4) is 0 Å². The minimum atomic E-state index is 0.990. The first-order valence-electron chi connectivity index (χ1n) is 7.17. The molecule has 0 bridgehead atoms. The molecular formula is C19H19NO. The lowest BCUT2D eigenvalue weighted by atomic mass is 9.93. The van der Waals surface area contributed by atoms with E-state index in [4.69, 9.17) is 4.84 Å². The number of benzene rings is 2. The largest absolute Gasteiger partial charge is 0.399 e. The Bertz CT molecular complexity index is 781. The highest BCUT2D eigenvalue weighted by atomic mass is 16.6. The van der Waals surface area contributed by atoms with Crippen molar-refractivity contribution < 1.29 is 4.84 Å². The van der Waals surface area contributed by atoms with Crippen molar-refractivity contribution in [1.29, 1.82) is 0 Å². The number of allylic oxidation sites excluding steroid dienone is 4. The highest BCUT2D eigenvalue weighted by Crippen LogP contribution is 2.36. The van der Waals surface area contributed by atoms with E-state index in [1.54, 1.807) is 13.3 Å². The molecule has 0 aromatic heterocycles. The normalized spacial score (nSPS) is 15.1. The second kappa shape index (κ2) is 5.57. The molecule has 0 amide bonds. The molecule has 2 nitrogen and oxygen atoms in total. The summed E-state index contributed by atoms with van der Waals surface area (Å²) < 4.78 is 0. The molecular weight excluding hydrogens is 258 g/mol. The van der Waals surface area contributed by atoms with Gasteiger partial charge in [-0.15, -0.1) is 0 Å². The van der Waals surface area contributed by atoms with Crippen molar-refractivity contribution >= 4 is 22.6 Å². The van der Waals surface area contributed by atoms with Crippen LogP contribution in [0.5, 0.6) is 0 Å². The van der Waals surface area contributed by atoms with Gasteiger partial charge in [0.05, 0.1) is 6.21 Å². The van der Waals surface area contributed by atoms with Crippen LogP contribution in [0, 0.1) is 0 Å². The standard InChI is InChI=1S/C19H19NO/c1-13-8-9-18(14(13)2)19-11-16-7-5-4-6-15(16)10-17(19)12-20-21-3/h4-8,10-12H,9H2,1-3H3. The quantitative estimate of drug-likeness (QED) is 0.575. The van der Waals surface area contributed by atoms with Crippen molar-refractivity contribution in [1.82, 2.24) is 0 Å². The van der Waals surface area contributed by atoms with Gasteiger partial charge >= 0.3 is 0 Å². The Morgan fingerprint density at radius 1 is 1.10 bits per heavy atom. The molecule has 3 rings (SSSR count). The maximum atomic E-state index is 4.86. The van der Waals surface area contributed by atoms with Crippen LogP contribution in [0.1, 0.15) is 31.4 Å². The fourth-order valence-corrected chi connectivity index (χ4v) is 2.85. The zero-order valence-electron chi connectivity index (χ0n) is 12.7. The summed E-state index contributed by atoms with van der Waals surface area (Å²) in [6.45, 7) is 4.37. The Morgan fingerprint density at radius 2 is 1.81 bits per heavy atom. The van der Waals surface area contributed by atoms with Gasteiger partial charge in [0.2, 0.25) is 0 Å². The van der Waals surface area contributed by atoms with E-state index >= 15 is 0 Å². The Morgan fingerprint density at radius 3 is 2.43 bits per heavy atom. The molecule has 0 heterocycles. The topological polar surface area (TPSA) is 21.6 Å². The lowest BCUT2D eigenvalue weighted by Crippen LogP contribution is -1.94. The average Bonchev–Trinajstić information content (AvgIpc) is 2.84. The third kappa shape index (κ3) is 2.49. The SMILES string of the molecule is CON=Cc1cc2ccccc2cc1C1=C(C)C(C)=CC1. The van der Waals surface area contributed by atoms with E-state index in [1.807, 2.05) is 0 Å². The Hall–Kier alpha value is -2.35. The fourth-order valence-electron chi connectivity index (χ4n) is 2.85. The van der Waals surface area contributed by atoms with Gasteiger partial charge in [-0.05, 0) is 59.9 Å². The molecule has 0 aliphatic heterocycles. The van der Waals surface area contributed by atoms with Crippen LogP contribution in [0.2, 0.25) is 0 Å². The van der Waals surface area contributed by atoms with E-state index in [9.17, 15) is 0 Å². The molecule has 2 heteroatoms. The first-order chi connectivity index (χ1) is 10.2. The molecule has 2 aromatic carbocycles. The van der Waals surface area contributed by atoms with Gasteiger partial charge in [0, 0.05) is 5.56 Å². The van der Waals surface area contributed by atoms with Gasteiger partial charge in [-0.1, -0.05) is 41.1 Å². The van der Waals surface area contributed by atoms with Crippen LogP contribution < -0.4 is 0 Å². The molecule has 1 aliphatic rings. The van der Waals surface area contributed by atoms with Crippen LogP contribution in [0.25, 0.3) is 16.3 Å². The summed E-state index contributed by atoms with van der Waals surface area (Å²) in [5.41, 5.74) is 6.48. The summed E-state index contributed by atoms with van der Waals surface area (Å²) in [4.78, 5) is 4.86. The first kappa shape index (κ1) is 13.6. The van der Waals surface area contributed by atoms with E-state index in [2.05, 4.69) is 61.5 Å². The predicted octanol–water partition coefficient (Wildman–Crippen LogP) is 4.94.